The van der Waals surface area contributed by atoms with Gasteiger partial charge in [0.1, 0.15) is 5.75 Å². The summed E-state index contributed by atoms with van der Waals surface area (Å²) in [4.78, 5) is 29.9. The second kappa shape index (κ2) is 13.8. The standard InChI is InChI=1S/C21H15ClFN4O6P.2Na.2H/c1-12-4-16(26-27(21(12)28)11-32-34(29,30)31)8-15-2-3-18(22)20(19(15)23)33-17-6-13(9-24)5-14(7-17)10-25;;;;/h2-7H,8,11H2,1H3,(H2,29,30,31);;;;/q;2*+1;2*-1. The number of halogens is 2. The van der Waals surface area contributed by atoms with E-state index in [-0.39, 0.29) is 113 Å². The van der Waals surface area contributed by atoms with Crippen molar-refractivity contribution in [3.05, 3.63) is 85.5 Å². The Labute approximate surface area is 257 Å². The third-order valence-corrected chi connectivity index (χ3v) is 5.19. The minimum absolute atomic E-state index is 0. The number of phosphoric acid groups is 1. The molecule has 0 amide bonds. The number of aromatic nitrogens is 2. The number of ether oxygens (including phenoxy) is 1. The van der Waals surface area contributed by atoms with Crippen LogP contribution in [0.15, 0.2) is 41.2 Å². The molecule has 0 aliphatic rings. The molecular formula is C21H17ClFN4Na2O6P. The molecule has 3 rings (SSSR count). The Balaban J connectivity index is 0. The van der Waals surface area contributed by atoms with Gasteiger partial charge < -0.3 is 17.4 Å². The van der Waals surface area contributed by atoms with Crippen LogP contribution in [0.5, 0.6) is 11.5 Å². The maximum absolute atomic E-state index is 15.3. The zero-order valence-electron chi connectivity index (χ0n) is 21.4. The van der Waals surface area contributed by atoms with E-state index in [9.17, 15) is 9.36 Å². The molecule has 36 heavy (non-hydrogen) atoms. The maximum atomic E-state index is 15.3. The smallest absolute Gasteiger partial charge is 1.00 e. The second-order valence-corrected chi connectivity index (χ2v) is 8.62. The van der Waals surface area contributed by atoms with Gasteiger partial charge in [-0.2, -0.15) is 15.6 Å². The van der Waals surface area contributed by atoms with Crippen LogP contribution < -0.4 is 69.4 Å². The first-order valence-electron chi connectivity index (χ1n) is 9.38. The first-order valence-corrected chi connectivity index (χ1v) is 11.3. The molecule has 0 radical (unpaired) electrons. The van der Waals surface area contributed by atoms with Gasteiger partial charge in [0, 0.05) is 12.0 Å². The van der Waals surface area contributed by atoms with E-state index in [1.807, 2.05) is 12.1 Å². The number of hydrogen-bond acceptors (Lipinski definition) is 7. The molecule has 0 spiro atoms. The number of hydrogen-bond donors (Lipinski definition) is 2. The predicted octanol–water partition coefficient (Wildman–Crippen LogP) is -2.23. The van der Waals surface area contributed by atoms with E-state index >= 15 is 4.39 Å². The van der Waals surface area contributed by atoms with E-state index in [4.69, 9.17) is 36.6 Å². The molecule has 10 nitrogen and oxygen atoms in total. The van der Waals surface area contributed by atoms with Crippen LogP contribution in [0, 0.1) is 35.4 Å². The van der Waals surface area contributed by atoms with Gasteiger partial charge in [0.2, 0.25) is 0 Å². The van der Waals surface area contributed by atoms with E-state index in [1.165, 1.54) is 43.3 Å². The molecule has 0 saturated carbocycles. The van der Waals surface area contributed by atoms with Crippen LogP contribution in [0.2, 0.25) is 5.02 Å². The molecule has 0 aliphatic carbocycles. The Morgan fingerprint density at radius 3 is 2.33 bits per heavy atom. The van der Waals surface area contributed by atoms with Crippen molar-refractivity contribution in [3.8, 4) is 23.6 Å². The van der Waals surface area contributed by atoms with Crippen molar-refractivity contribution in [3.63, 3.8) is 0 Å². The Morgan fingerprint density at radius 2 is 1.78 bits per heavy atom. The molecular weight excluding hydrogens is 536 g/mol. The molecule has 178 valence electrons. The van der Waals surface area contributed by atoms with Gasteiger partial charge in [0.25, 0.3) is 5.56 Å². The average molecular weight is 553 g/mol. The fourth-order valence-electron chi connectivity index (χ4n) is 2.95. The number of rotatable bonds is 7. The molecule has 2 N–H and O–H groups in total. The monoisotopic (exact) mass is 552 g/mol. The van der Waals surface area contributed by atoms with Crippen molar-refractivity contribution in [1.29, 1.82) is 10.5 Å². The molecule has 15 heteroatoms. The van der Waals surface area contributed by atoms with Crippen LogP contribution in [0.3, 0.4) is 0 Å². The van der Waals surface area contributed by atoms with Crippen LogP contribution in [0.25, 0.3) is 0 Å². The third-order valence-electron chi connectivity index (χ3n) is 4.44. The summed E-state index contributed by atoms with van der Waals surface area (Å²) in [6.45, 7) is 0.662. The van der Waals surface area contributed by atoms with Gasteiger partial charge in [-0.3, -0.25) is 9.32 Å². The third kappa shape index (κ3) is 8.49. The maximum Gasteiger partial charge on any atom is 1.00 e. The molecule has 2 aromatic carbocycles. The van der Waals surface area contributed by atoms with Crippen molar-refractivity contribution >= 4 is 19.4 Å². The Hall–Kier alpha value is -1.57. The summed E-state index contributed by atoms with van der Waals surface area (Å²) in [5.41, 5.74) is 0.134. The zero-order valence-corrected chi connectivity index (χ0v) is 25.0. The number of nitrogens with zero attached hydrogens (tertiary/aromatic N) is 4. The first-order chi connectivity index (χ1) is 16.0. The van der Waals surface area contributed by atoms with Crippen molar-refractivity contribution < 1.29 is 90.0 Å². The van der Waals surface area contributed by atoms with Gasteiger partial charge in [-0.1, -0.05) is 17.7 Å². The molecule has 0 atom stereocenters. The van der Waals surface area contributed by atoms with Crippen molar-refractivity contribution in [1.82, 2.24) is 9.78 Å². The van der Waals surface area contributed by atoms with Crippen molar-refractivity contribution in [2.24, 2.45) is 0 Å². The van der Waals surface area contributed by atoms with Crippen LogP contribution in [0.1, 0.15) is 30.8 Å². The normalized spacial score (nSPS) is 10.4. The number of aryl methyl sites for hydroxylation is 1. The van der Waals surface area contributed by atoms with Crippen LogP contribution in [-0.4, -0.2) is 19.6 Å². The van der Waals surface area contributed by atoms with Gasteiger partial charge >= 0.3 is 66.9 Å². The van der Waals surface area contributed by atoms with Crippen LogP contribution >= 0.6 is 19.4 Å². The zero-order chi connectivity index (χ0) is 25.0. The van der Waals surface area contributed by atoms with E-state index in [1.54, 1.807) is 0 Å². The summed E-state index contributed by atoms with van der Waals surface area (Å²) in [5.74, 6) is -1.14. The molecule has 0 saturated heterocycles. The minimum Gasteiger partial charge on any atom is -1.00 e. The van der Waals surface area contributed by atoms with E-state index in [0.717, 1.165) is 0 Å². The van der Waals surface area contributed by atoms with Crippen LogP contribution in [0.4, 0.5) is 4.39 Å². The van der Waals surface area contributed by atoms with Gasteiger partial charge in [-0.25, -0.2) is 13.6 Å². The predicted molar refractivity (Wildman–Crippen MR) is 119 cm³/mol. The molecule has 1 aromatic heterocycles. The minimum atomic E-state index is -4.84. The molecule has 0 aliphatic heterocycles. The Bertz CT molecular complexity index is 1450. The summed E-state index contributed by atoms with van der Waals surface area (Å²) in [7, 11) is -4.84. The summed E-state index contributed by atoms with van der Waals surface area (Å²) in [5, 5.41) is 22.1. The second-order valence-electron chi connectivity index (χ2n) is 6.97. The average Bonchev–Trinajstić information content (AvgIpc) is 2.79. The SMILES string of the molecule is Cc1cc(Cc2ccc(Cl)c(Oc3cc(C#N)cc(C#N)c3)c2F)nn(COP(=O)(O)O)c1=O.[H-].[H-].[Na+].[Na+]. The quantitative estimate of drug-likeness (QED) is 0.244. The number of benzene rings is 2. The number of phosphoric ester groups is 1. The van der Waals surface area contributed by atoms with Crippen molar-refractivity contribution in [2.75, 3.05) is 0 Å². The van der Waals surface area contributed by atoms with E-state index < -0.39 is 25.9 Å². The van der Waals surface area contributed by atoms with Crippen LogP contribution in [-0.2, 0) is 22.2 Å². The van der Waals surface area contributed by atoms with E-state index in [0.29, 0.717) is 4.68 Å². The molecule has 1 heterocycles. The Kier molecular flexibility index (Phi) is 12.5. The topological polar surface area (TPSA) is 158 Å². The fraction of sp³-hybridized carbons (Fsp3) is 0.143. The van der Waals surface area contributed by atoms with Gasteiger partial charge in [-0.15, -0.1) is 0 Å². The van der Waals surface area contributed by atoms with Crippen molar-refractivity contribution in [2.45, 2.75) is 20.1 Å². The Morgan fingerprint density at radius 1 is 1.17 bits per heavy atom. The summed E-state index contributed by atoms with van der Waals surface area (Å²) < 4.78 is 36.8. The van der Waals surface area contributed by atoms with E-state index in [2.05, 4.69) is 9.62 Å². The molecule has 0 bridgehead atoms. The molecule has 0 fully saturated rings. The molecule has 3 aromatic rings. The molecule has 0 unspecified atom stereocenters. The first kappa shape index (κ1) is 32.5. The summed E-state index contributed by atoms with van der Waals surface area (Å²) in [6.07, 6.45) is -0.127. The van der Waals surface area contributed by atoms with Gasteiger partial charge in [0.05, 0.1) is 34.0 Å². The summed E-state index contributed by atoms with van der Waals surface area (Å²) >= 11 is 6.11. The fourth-order valence-corrected chi connectivity index (χ4v) is 3.40. The van der Waals surface area contributed by atoms with Gasteiger partial charge in [-0.05, 0) is 42.8 Å². The van der Waals surface area contributed by atoms with Gasteiger partial charge in [0.15, 0.2) is 18.3 Å². The largest absolute Gasteiger partial charge is 1.00 e. The number of nitriles is 2. The summed E-state index contributed by atoms with van der Waals surface area (Å²) in [6, 6.07) is 11.9.